The predicted octanol–water partition coefficient (Wildman–Crippen LogP) is 1.91. The standard InChI is InChI=1S/C12H15BrN4O3/c1-6-2-7(4-18)20-12(6)17-3-8(13)9-10(16-19)14-5-15-11(9)17/h3,5-7,12,18-19H,2,4H2,1H3,(H,14,15,16)/t6-,7-,12+/m0/s1. The number of anilines is 1. The molecule has 1 aliphatic heterocycles. The van der Waals surface area contributed by atoms with E-state index in [2.05, 4.69) is 38.3 Å². The fourth-order valence-electron chi connectivity index (χ4n) is 2.69. The molecule has 0 unspecified atom stereocenters. The zero-order valence-electron chi connectivity index (χ0n) is 10.8. The maximum absolute atomic E-state index is 9.24. The van der Waals surface area contributed by atoms with Crippen LogP contribution in [-0.2, 0) is 4.74 Å². The van der Waals surface area contributed by atoms with E-state index in [0.29, 0.717) is 16.9 Å². The number of ether oxygens (including phenoxy) is 1. The van der Waals surface area contributed by atoms with E-state index in [-0.39, 0.29) is 24.9 Å². The fraction of sp³-hybridized carbons (Fsp3) is 0.500. The van der Waals surface area contributed by atoms with Gasteiger partial charge in [0.1, 0.15) is 18.2 Å². The van der Waals surface area contributed by atoms with Crippen LogP contribution in [0.3, 0.4) is 0 Å². The van der Waals surface area contributed by atoms with Crippen LogP contribution in [0, 0.1) is 5.92 Å². The summed E-state index contributed by atoms with van der Waals surface area (Å²) < 4.78 is 8.53. The molecule has 7 nitrogen and oxygen atoms in total. The van der Waals surface area contributed by atoms with Crippen molar-refractivity contribution in [3.63, 3.8) is 0 Å². The van der Waals surface area contributed by atoms with Gasteiger partial charge in [-0.25, -0.2) is 9.97 Å². The Hall–Kier alpha value is -1.22. The summed E-state index contributed by atoms with van der Waals surface area (Å²) in [5, 5.41) is 19.1. The molecule has 0 saturated carbocycles. The van der Waals surface area contributed by atoms with Gasteiger partial charge < -0.3 is 14.4 Å². The SMILES string of the molecule is C[C@H]1C[C@@H](CO)O[C@H]1n1cc(Br)c2c(NO)ncnc21. The number of halogens is 1. The summed E-state index contributed by atoms with van der Waals surface area (Å²) in [6.07, 6.45) is 3.70. The number of rotatable bonds is 3. The molecule has 3 atom stereocenters. The van der Waals surface area contributed by atoms with Gasteiger partial charge in [-0.1, -0.05) is 6.92 Å². The van der Waals surface area contributed by atoms with Crippen LogP contribution < -0.4 is 5.48 Å². The van der Waals surface area contributed by atoms with Gasteiger partial charge in [-0.05, 0) is 22.4 Å². The average Bonchev–Trinajstić information content (AvgIpc) is 2.99. The molecule has 1 aliphatic rings. The van der Waals surface area contributed by atoms with Crippen molar-refractivity contribution in [1.29, 1.82) is 0 Å². The van der Waals surface area contributed by atoms with Gasteiger partial charge in [-0.3, -0.25) is 10.7 Å². The van der Waals surface area contributed by atoms with Gasteiger partial charge in [0.2, 0.25) is 0 Å². The van der Waals surface area contributed by atoms with E-state index < -0.39 is 0 Å². The van der Waals surface area contributed by atoms with Crippen LogP contribution in [0.25, 0.3) is 11.0 Å². The fourth-order valence-corrected chi connectivity index (χ4v) is 3.28. The molecule has 8 heteroatoms. The highest BCUT2D eigenvalue weighted by Crippen LogP contribution is 2.39. The van der Waals surface area contributed by atoms with E-state index in [1.165, 1.54) is 6.33 Å². The summed E-state index contributed by atoms with van der Waals surface area (Å²) in [6, 6.07) is 0. The number of fused-ring (bicyclic) bond motifs is 1. The summed E-state index contributed by atoms with van der Waals surface area (Å²) >= 11 is 3.45. The Bertz CT molecular complexity index is 632. The molecule has 0 aromatic carbocycles. The molecule has 1 fully saturated rings. The van der Waals surface area contributed by atoms with Crippen molar-refractivity contribution in [1.82, 2.24) is 14.5 Å². The van der Waals surface area contributed by atoms with E-state index >= 15 is 0 Å². The lowest BCUT2D eigenvalue weighted by Crippen LogP contribution is -2.15. The highest BCUT2D eigenvalue weighted by Gasteiger charge is 2.34. The highest BCUT2D eigenvalue weighted by atomic mass is 79.9. The van der Waals surface area contributed by atoms with Gasteiger partial charge in [-0.2, -0.15) is 0 Å². The smallest absolute Gasteiger partial charge is 0.163 e. The Kier molecular flexibility index (Phi) is 3.63. The van der Waals surface area contributed by atoms with Crippen LogP contribution in [0.2, 0.25) is 0 Å². The third-order valence-corrected chi connectivity index (χ3v) is 4.20. The van der Waals surface area contributed by atoms with Crippen molar-refractivity contribution in [3.05, 3.63) is 17.0 Å². The van der Waals surface area contributed by atoms with Crippen LogP contribution in [0.1, 0.15) is 19.6 Å². The third-order valence-electron chi connectivity index (χ3n) is 3.60. The number of aromatic nitrogens is 3. The van der Waals surface area contributed by atoms with E-state index in [1.807, 2.05) is 10.8 Å². The number of hydrogen-bond acceptors (Lipinski definition) is 6. The summed E-state index contributed by atoms with van der Waals surface area (Å²) in [7, 11) is 0. The number of aliphatic hydroxyl groups excluding tert-OH is 1. The summed E-state index contributed by atoms with van der Waals surface area (Å²) in [5.41, 5.74) is 2.74. The first kappa shape index (κ1) is 13.7. The molecule has 0 radical (unpaired) electrons. The second-order valence-corrected chi connectivity index (χ2v) is 5.82. The van der Waals surface area contributed by atoms with Crippen molar-refractivity contribution in [3.8, 4) is 0 Å². The van der Waals surface area contributed by atoms with Crippen LogP contribution >= 0.6 is 15.9 Å². The van der Waals surface area contributed by atoms with Crippen LogP contribution in [-0.4, -0.2) is 37.6 Å². The van der Waals surface area contributed by atoms with E-state index in [0.717, 1.165) is 10.9 Å². The van der Waals surface area contributed by atoms with Crippen molar-refractivity contribution >= 4 is 32.8 Å². The lowest BCUT2D eigenvalue weighted by molar-refractivity contribution is -0.0292. The van der Waals surface area contributed by atoms with Gasteiger partial charge >= 0.3 is 0 Å². The van der Waals surface area contributed by atoms with E-state index in [1.54, 1.807) is 0 Å². The Balaban J connectivity index is 2.09. The van der Waals surface area contributed by atoms with Gasteiger partial charge in [-0.15, -0.1) is 0 Å². The summed E-state index contributed by atoms with van der Waals surface area (Å²) in [4.78, 5) is 8.25. The number of nitrogens with zero attached hydrogens (tertiary/aromatic N) is 3. The van der Waals surface area contributed by atoms with Gasteiger partial charge in [0.15, 0.2) is 5.82 Å². The molecular formula is C12H15BrN4O3. The van der Waals surface area contributed by atoms with Gasteiger partial charge in [0.25, 0.3) is 0 Å². The largest absolute Gasteiger partial charge is 0.394 e. The molecule has 3 heterocycles. The van der Waals surface area contributed by atoms with Crippen molar-refractivity contribution < 1.29 is 15.1 Å². The predicted molar refractivity (Wildman–Crippen MR) is 75.4 cm³/mol. The first-order valence-corrected chi connectivity index (χ1v) is 7.12. The minimum Gasteiger partial charge on any atom is -0.394 e. The van der Waals surface area contributed by atoms with Gasteiger partial charge in [0, 0.05) is 16.6 Å². The Labute approximate surface area is 123 Å². The lowest BCUT2D eigenvalue weighted by atomic mass is 10.1. The quantitative estimate of drug-likeness (QED) is 0.738. The molecule has 3 rings (SSSR count). The van der Waals surface area contributed by atoms with Crippen molar-refractivity contribution in [2.45, 2.75) is 25.7 Å². The number of aliphatic hydroxyl groups is 1. The molecule has 3 N–H and O–H groups in total. The number of hydrogen-bond donors (Lipinski definition) is 3. The zero-order chi connectivity index (χ0) is 14.3. The average molecular weight is 343 g/mol. The van der Waals surface area contributed by atoms with Crippen molar-refractivity contribution in [2.75, 3.05) is 12.1 Å². The highest BCUT2D eigenvalue weighted by molar-refractivity contribution is 9.10. The van der Waals surface area contributed by atoms with Crippen LogP contribution in [0.4, 0.5) is 5.82 Å². The molecule has 2 aromatic rings. The lowest BCUT2D eigenvalue weighted by Gasteiger charge is -2.18. The summed E-state index contributed by atoms with van der Waals surface area (Å²) in [5.74, 6) is 0.597. The first-order valence-electron chi connectivity index (χ1n) is 6.33. The topological polar surface area (TPSA) is 92.4 Å². The van der Waals surface area contributed by atoms with E-state index in [4.69, 9.17) is 9.94 Å². The maximum atomic E-state index is 9.24. The third kappa shape index (κ3) is 2.08. The maximum Gasteiger partial charge on any atom is 0.163 e. The molecule has 2 aromatic heterocycles. The molecule has 20 heavy (non-hydrogen) atoms. The van der Waals surface area contributed by atoms with Gasteiger partial charge in [0.05, 0.1) is 18.1 Å². The molecule has 0 bridgehead atoms. The first-order chi connectivity index (χ1) is 9.65. The monoisotopic (exact) mass is 342 g/mol. The second-order valence-electron chi connectivity index (χ2n) is 4.96. The summed E-state index contributed by atoms with van der Waals surface area (Å²) in [6.45, 7) is 2.09. The Morgan fingerprint density at radius 3 is 3.00 bits per heavy atom. The molecule has 0 spiro atoms. The molecule has 0 amide bonds. The second kappa shape index (κ2) is 5.28. The van der Waals surface area contributed by atoms with E-state index in [9.17, 15) is 5.11 Å². The van der Waals surface area contributed by atoms with Crippen LogP contribution in [0.15, 0.2) is 17.0 Å². The number of nitrogens with one attached hydrogen (secondary N) is 1. The normalized spacial score (nSPS) is 26.3. The molecule has 0 aliphatic carbocycles. The molecule has 108 valence electrons. The van der Waals surface area contributed by atoms with Crippen LogP contribution in [0.5, 0.6) is 0 Å². The molecular weight excluding hydrogens is 328 g/mol. The zero-order valence-corrected chi connectivity index (χ0v) is 12.4. The minimum atomic E-state index is -0.192. The Morgan fingerprint density at radius 1 is 1.55 bits per heavy atom. The molecule has 1 saturated heterocycles. The Morgan fingerprint density at radius 2 is 2.35 bits per heavy atom. The minimum absolute atomic E-state index is 0.0135. The van der Waals surface area contributed by atoms with Crippen molar-refractivity contribution in [2.24, 2.45) is 5.92 Å².